The first-order valence-corrected chi connectivity index (χ1v) is 3.99. The Morgan fingerprint density at radius 1 is 1.45 bits per heavy atom. The van der Waals surface area contributed by atoms with E-state index in [0.29, 0.717) is 0 Å². The van der Waals surface area contributed by atoms with Crippen LogP contribution in [0.15, 0.2) is 29.5 Å². The molecule has 2 heteroatoms. The molecule has 1 unspecified atom stereocenters. The molecule has 0 aromatic rings. The van der Waals surface area contributed by atoms with E-state index in [4.69, 9.17) is 4.74 Å². The van der Waals surface area contributed by atoms with E-state index >= 15 is 0 Å². The molecule has 2 nitrogen and oxygen atoms in total. The molecule has 2 heterocycles. The van der Waals surface area contributed by atoms with Gasteiger partial charge >= 0.3 is 0 Å². The lowest BCUT2D eigenvalue weighted by Gasteiger charge is -2.14. The summed E-state index contributed by atoms with van der Waals surface area (Å²) >= 11 is 0. The van der Waals surface area contributed by atoms with Crippen molar-refractivity contribution >= 4 is 5.71 Å². The highest BCUT2D eigenvalue weighted by atomic mass is 16.5. The van der Waals surface area contributed by atoms with Crippen molar-refractivity contribution < 1.29 is 4.74 Å². The maximum atomic E-state index is 5.36. The van der Waals surface area contributed by atoms with Gasteiger partial charge in [0.1, 0.15) is 0 Å². The first kappa shape index (κ1) is 6.65. The average molecular weight is 149 g/mol. The molecule has 2 rings (SSSR count). The summed E-state index contributed by atoms with van der Waals surface area (Å²) in [7, 11) is 0. The molecular formula is C9H11NO. The van der Waals surface area contributed by atoms with Crippen LogP contribution in [0.25, 0.3) is 0 Å². The van der Waals surface area contributed by atoms with Crippen molar-refractivity contribution in [1.82, 2.24) is 0 Å². The zero-order chi connectivity index (χ0) is 7.52. The minimum Gasteiger partial charge on any atom is -0.488 e. The summed E-state index contributed by atoms with van der Waals surface area (Å²) in [5.41, 5.74) is 1.20. The van der Waals surface area contributed by atoms with Crippen LogP contribution in [0.4, 0.5) is 0 Å². The molecule has 0 spiro atoms. The molecule has 0 radical (unpaired) electrons. The molecule has 0 fully saturated rings. The smallest absolute Gasteiger partial charge is 0.154 e. The Bertz CT molecular complexity index is 228. The van der Waals surface area contributed by atoms with Gasteiger partial charge in [0.15, 0.2) is 6.10 Å². The SMILES string of the molecule is C1=COC(C2=NCCC2)C=C1. The summed E-state index contributed by atoms with van der Waals surface area (Å²) < 4.78 is 5.36. The predicted octanol–water partition coefficient (Wildman–Crippen LogP) is 1.69. The second-order valence-corrected chi connectivity index (χ2v) is 2.75. The first-order chi connectivity index (χ1) is 5.47. The van der Waals surface area contributed by atoms with Gasteiger partial charge in [-0.25, -0.2) is 0 Å². The molecule has 0 saturated carbocycles. The summed E-state index contributed by atoms with van der Waals surface area (Å²) in [6, 6.07) is 0. The van der Waals surface area contributed by atoms with Crippen LogP contribution in [0, 0.1) is 0 Å². The highest BCUT2D eigenvalue weighted by molar-refractivity contribution is 5.91. The quantitative estimate of drug-likeness (QED) is 0.556. The summed E-state index contributed by atoms with van der Waals surface area (Å²) in [6.45, 7) is 0.979. The lowest BCUT2D eigenvalue weighted by Crippen LogP contribution is -2.19. The molecule has 0 aromatic carbocycles. The number of rotatable bonds is 1. The van der Waals surface area contributed by atoms with E-state index in [9.17, 15) is 0 Å². The van der Waals surface area contributed by atoms with Crippen molar-refractivity contribution in [3.05, 3.63) is 24.5 Å². The monoisotopic (exact) mass is 149 g/mol. The summed E-state index contributed by atoms with van der Waals surface area (Å²) in [4.78, 5) is 4.37. The van der Waals surface area contributed by atoms with Gasteiger partial charge in [0, 0.05) is 6.54 Å². The number of allylic oxidation sites excluding steroid dienone is 2. The van der Waals surface area contributed by atoms with E-state index in [1.165, 1.54) is 12.1 Å². The third-order valence-electron chi connectivity index (χ3n) is 1.94. The van der Waals surface area contributed by atoms with E-state index in [2.05, 4.69) is 4.99 Å². The Morgan fingerprint density at radius 3 is 3.09 bits per heavy atom. The largest absolute Gasteiger partial charge is 0.488 e. The fraction of sp³-hybridized carbons (Fsp3) is 0.444. The Kier molecular flexibility index (Phi) is 1.76. The lowest BCUT2D eigenvalue weighted by molar-refractivity contribution is 0.238. The third kappa shape index (κ3) is 1.34. The van der Waals surface area contributed by atoms with Gasteiger partial charge in [0.05, 0.1) is 12.0 Å². The topological polar surface area (TPSA) is 21.6 Å². The van der Waals surface area contributed by atoms with Crippen LogP contribution in [-0.4, -0.2) is 18.4 Å². The molecular weight excluding hydrogens is 138 g/mol. The standard InChI is InChI=1S/C9H11NO/c1-2-7-11-9(5-1)8-4-3-6-10-8/h1-2,5,7,9H,3-4,6H2. The number of hydrogen-bond donors (Lipinski definition) is 0. The normalized spacial score (nSPS) is 28.4. The number of nitrogens with zero attached hydrogens (tertiary/aromatic N) is 1. The molecule has 2 aliphatic heterocycles. The molecule has 0 aliphatic carbocycles. The Hall–Kier alpha value is -1.05. The van der Waals surface area contributed by atoms with Crippen LogP contribution in [0.3, 0.4) is 0 Å². The summed E-state index contributed by atoms with van der Waals surface area (Å²) in [5.74, 6) is 0. The van der Waals surface area contributed by atoms with E-state index in [-0.39, 0.29) is 6.10 Å². The van der Waals surface area contributed by atoms with Crippen LogP contribution >= 0.6 is 0 Å². The Morgan fingerprint density at radius 2 is 2.45 bits per heavy atom. The van der Waals surface area contributed by atoms with Gasteiger partial charge in [0.25, 0.3) is 0 Å². The summed E-state index contributed by atoms with van der Waals surface area (Å²) in [6.07, 6.45) is 10.1. The number of ether oxygens (including phenoxy) is 1. The van der Waals surface area contributed by atoms with Crippen LogP contribution < -0.4 is 0 Å². The molecule has 2 aliphatic rings. The van der Waals surface area contributed by atoms with Crippen LogP contribution in [-0.2, 0) is 4.74 Å². The molecule has 1 atom stereocenters. The predicted molar refractivity (Wildman–Crippen MR) is 44.7 cm³/mol. The van der Waals surface area contributed by atoms with Crippen LogP contribution in [0.1, 0.15) is 12.8 Å². The van der Waals surface area contributed by atoms with Crippen molar-refractivity contribution in [3.63, 3.8) is 0 Å². The van der Waals surface area contributed by atoms with Crippen molar-refractivity contribution in [1.29, 1.82) is 0 Å². The van der Waals surface area contributed by atoms with E-state index in [1.807, 2.05) is 18.2 Å². The maximum absolute atomic E-state index is 5.36. The molecule has 0 bridgehead atoms. The second-order valence-electron chi connectivity index (χ2n) is 2.75. The van der Waals surface area contributed by atoms with Crippen LogP contribution in [0.5, 0.6) is 0 Å². The van der Waals surface area contributed by atoms with Gasteiger partial charge < -0.3 is 4.74 Å². The minimum atomic E-state index is 0.127. The highest BCUT2D eigenvalue weighted by Gasteiger charge is 2.16. The molecule has 0 saturated heterocycles. The molecule has 0 N–H and O–H groups in total. The Balaban J connectivity index is 2.05. The van der Waals surface area contributed by atoms with Crippen molar-refractivity contribution in [2.24, 2.45) is 4.99 Å². The second kappa shape index (κ2) is 2.91. The fourth-order valence-electron chi connectivity index (χ4n) is 1.37. The fourth-order valence-corrected chi connectivity index (χ4v) is 1.37. The molecule has 58 valence electrons. The minimum absolute atomic E-state index is 0.127. The Labute approximate surface area is 66.3 Å². The lowest BCUT2D eigenvalue weighted by atomic mass is 10.1. The van der Waals surface area contributed by atoms with Crippen molar-refractivity contribution in [2.45, 2.75) is 18.9 Å². The summed E-state index contributed by atoms with van der Waals surface area (Å²) in [5, 5.41) is 0. The van der Waals surface area contributed by atoms with Crippen LogP contribution in [0.2, 0.25) is 0 Å². The van der Waals surface area contributed by atoms with Gasteiger partial charge in [-0.1, -0.05) is 6.08 Å². The highest BCUT2D eigenvalue weighted by Crippen LogP contribution is 2.13. The zero-order valence-electron chi connectivity index (χ0n) is 6.36. The third-order valence-corrected chi connectivity index (χ3v) is 1.94. The van der Waals surface area contributed by atoms with E-state index in [0.717, 1.165) is 13.0 Å². The van der Waals surface area contributed by atoms with Gasteiger partial charge in [-0.3, -0.25) is 4.99 Å². The maximum Gasteiger partial charge on any atom is 0.154 e. The van der Waals surface area contributed by atoms with Gasteiger partial charge in [-0.15, -0.1) is 0 Å². The van der Waals surface area contributed by atoms with E-state index < -0.39 is 0 Å². The first-order valence-electron chi connectivity index (χ1n) is 3.99. The van der Waals surface area contributed by atoms with Gasteiger partial charge in [-0.2, -0.15) is 0 Å². The molecule has 0 amide bonds. The van der Waals surface area contributed by atoms with E-state index in [1.54, 1.807) is 6.26 Å². The van der Waals surface area contributed by atoms with Crippen molar-refractivity contribution in [3.8, 4) is 0 Å². The number of hydrogen-bond acceptors (Lipinski definition) is 2. The molecule has 11 heavy (non-hydrogen) atoms. The van der Waals surface area contributed by atoms with Crippen molar-refractivity contribution in [2.75, 3.05) is 6.54 Å². The zero-order valence-corrected chi connectivity index (χ0v) is 6.36. The number of aliphatic imine (C=N–C) groups is 1. The van der Waals surface area contributed by atoms with Gasteiger partial charge in [-0.05, 0) is 25.0 Å². The molecule has 0 aromatic heterocycles. The average Bonchev–Trinajstić information content (AvgIpc) is 2.58. The van der Waals surface area contributed by atoms with Gasteiger partial charge in [0.2, 0.25) is 0 Å².